The summed E-state index contributed by atoms with van der Waals surface area (Å²) in [4.78, 5) is 25.4. The molecule has 6 heteroatoms. The van der Waals surface area contributed by atoms with Crippen LogP contribution in [0.5, 0.6) is 0 Å². The minimum atomic E-state index is -0.185. The summed E-state index contributed by atoms with van der Waals surface area (Å²) < 4.78 is 0.895. The summed E-state index contributed by atoms with van der Waals surface area (Å²) in [6.45, 7) is 0.133. The standard InChI is InChI=1S/C17H18BrN3O2/c1-21(2)17(23)12-6-5-7-13(10-12)20-16(22)11-19-15-9-4-3-8-14(15)18/h3-10,19H,11H2,1-2H3,(H,20,22). The highest BCUT2D eigenvalue weighted by Gasteiger charge is 2.09. The molecule has 2 aromatic rings. The maximum Gasteiger partial charge on any atom is 0.253 e. The van der Waals surface area contributed by atoms with Crippen LogP contribution in [0.2, 0.25) is 0 Å². The molecule has 120 valence electrons. The zero-order chi connectivity index (χ0) is 16.8. The van der Waals surface area contributed by atoms with Gasteiger partial charge in [0.25, 0.3) is 5.91 Å². The van der Waals surface area contributed by atoms with Crippen molar-refractivity contribution in [3.05, 3.63) is 58.6 Å². The predicted molar refractivity (Wildman–Crippen MR) is 95.7 cm³/mol. The van der Waals surface area contributed by atoms with E-state index < -0.39 is 0 Å². The highest BCUT2D eigenvalue weighted by atomic mass is 79.9. The SMILES string of the molecule is CN(C)C(=O)c1cccc(NC(=O)CNc2ccccc2Br)c1. The Labute approximate surface area is 143 Å². The van der Waals surface area contributed by atoms with Crippen LogP contribution in [-0.4, -0.2) is 37.4 Å². The monoisotopic (exact) mass is 375 g/mol. The molecule has 0 heterocycles. The molecule has 0 radical (unpaired) electrons. The van der Waals surface area contributed by atoms with Crippen molar-refractivity contribution < 1.29 is 9.59 Å². The van der Waals surface area contributed by atoms with E-state index in [-0.39, 0.29) is 18.4 Å². The molecule has 5 nitrogen and oxygen atoms in total. The van der Waals surface area contributed by atoms with Gasteiger partial charge in [-0.3, -0.25) is 9.59 Å². The van der Waals surface area contributed by atoms with Gasteiger partial charge in [0.2, 0.25) is 5.91 Å². The lowest BCUT2D eigenvalue weighted by molar-refractivity contribution is -0.114. The Kier molecular flexibility index (Phi) is 5.76. The van der Waals surface area contributed by atoms with Crippen LogP contribution >= 0.6 is 15.9 Å². The molecule has 0 aromatic heterocycles. The highest BCUT2D eigenvalue weighted by Crippen LogP contribution is 2.20. The van der Waals surface area contributed by atoms with Gasteiger partial charge in [-0.05, 0) is 46.3 Å². The first-order chi connectivity index (χ1) is 11.0. The number of benzene rings is 2. The van der Waals surface area contributed by atoms with E-state index in [1.807, 2.05) is 24.3 Å². The Morgan fingerprint density at radius 3 is 2.52 bits per heavy atom. The van der Waals surface area contributed by atoms with Crippen LogP contribution in [0.25, 0.3) is 0 Å². The number of amides is 2. The topological polar surface area (TPSA) is 61.4 Å². The van der Waals surface area contributed by atoms with Gasteiger partial charge >= 0.3 is 0 Å². The molecule has 0 unspecified atom stereocenters. The van der Waals surface area contributed by atoms with E-state index in [1.54, 1.807) is 38.4 Å². The normalized spacial score (nSPS) is 10.0. The van der Waals surface area contributed by atoms with Gasteiger partial charge in [-0.1, -0.05) is 18.2 Å². The first-order valence-electron chi connectivity index (χ1n) is 7.07. The molecule has 0 aliphatic carbocycles. The molecule has 2 aromatic carbocycles. The fourth-order valence-corrected chi connectivity index (χ4v) is 2.40. The fourth-order valence-electron chi connectivity index (χ4n) is 1.97. The first-order valence-corrected chi connectivity index (χ1v) is 7.86. The van der Waals surface area contributed by atoms with Crippen LogP contribution in [0.4, 0.5) is 11.4 Å². The smallest absolute Gasteiger partial charge is 0.253 e. The van der Waals surface area contributed by atoms with Crippen molar-refractivity contribution in [3.63, 3.8) is 0 Å². The average molecular weight is 376 g/mol. The number of hydrogen-bond acceptors (Lipinski definition) is 3. The van der Waals surface area contributed by atoms with Crippen molar-refractivity contribution >= 4 is 39.1 Å². The number of para-hydroxylation sites is 1. The van der Waals surface area contributed by atoms with Crippen LogP contribution < -0.4 is 10.6 Å². The van der Waals surface area contributed by atoms with Gasteiger partial charge in [0, 0.05) is 35.5 Å². The summed E-state index contributed by atoms with van der Waals surface area (Å²) in [6, 6.07) is 14.5. The Balaban J connectivity index is 1.97. The predicted octanol–water partition coefficient (Wildman–Crippen LogP) is 3.20. The lowest BCUT2D eigenvalue weighted by atomic mass is 10.2. The van der Waals surface area contributed by atoms with E-state index in [4.69, 9.17) is 0 Å². The van der Waals surface area contributed by atoms with Gasteiger partial charge in [-0.2, -0.15) is 0 Å². The van der Waals surface area contributed by atoms with Gasteiger partial charge in [0.05, 0.1) is 6.54 Å². The quantitative estimate of drug-likeness (QED) is 0.843. The van der Waals surface area contributed by atoms with Gasteiger partial charge in [0.15, 0.2) is 0 Å². The molecule has 2 rings (SSSR count). The van der Waals surface area contributed by atoms with E-state index in [2.05, 4.69) is 26.6 Å². The van der Waals surface area contributed by atoms with E-state index in [0.29, 0.717) is 11.3 Å². The fraction of sp³-hybridized carbons (Fsp3) is 0.176. The molecule has 0 fully saturated rings. The van der Waals surface area contributed by atoms with Crippen molar-refractivity contribution in [2.75, 3.05) is 31.3 Å². The molecule has 0 atom stereocenters. The van der Waals surface area contributed by atoms with Crippen LogP contribution in [0.15, 0.2) is 53.0 Å². The number of rotatable bonds is 5. The summed E-state index contributed by atoms with van der Waals surface area (Å²) in [7, 11) is 3.38. The molecule has 23 heavy (non-hydrogen) atoms. The molecular formula is C17H18BrN3O2. The summed E-state index contributed by atoms with van der Waals surface area (Å²) in [6.07, 6.45) is 0. The Hall–Kier alpha value is -2.34. The number of nitrogens with one attached hydrogen (secondary N) is 2. The first kappa shape index (κ1) is 17.0. The van der Waals surface area contributed by atoms with Crippen molar-refractivity contribution in [1.29, 1.82) is 0 Å². The zero-order valence-electron chi connectivity index (χ0n) is 13.0. The number of carbonyl (C=O) groups is 2. The molecule has 0 aliphatic rings. The van der Waals surface area contributed by atoms with Crippen molar-refractivity contribution in [1.82, 2.24) is 4.90 Å². The third kappa shape index (κ3) is 4.82. The Morgan fingerprint density at radius 1 is 1.09 bits per heavy atom. The minimum absolute atomic E-state index is 0.104. The number of carbonyl (C=O) groups excluding carboxylic acids is 2. The van der Waals surface area contributed by atoms with E-state index >= 15 is 0 Å². The van der Waals surface area contributed by atoms with Crippen molar-refractivity contribution in [2.45, 2.75) is 0 Å². The second kappa shape index (κ2) is 7.78. The molecule has 0 aliphatic heterocycles. The zero-order valence-corrected chi connectivity index (χ0v) is 14.6. The Bertz CT molecular complexity index is 716. The van der Waals surface area contributed by atoms with Crippen molar-refractivity contribution in [3.8, 4) is 0 Å². The number of nitrogens with zero attached hydrogens (tertiary/aromatic N) is 1. The summed E-state index contributed by atoms with van der Waals surface area (Å²) in [5.74, 6) is -0.289. The molecule has 0 saturated carbocycles. The summed E-state index contributed by atoms with van der Waals surface area (Å²) >= 11 is 3.42. The van der Waals surface area contributed by atoms with Crippen molar-refractivity contribution in [2.24, 2.45) is 0 Å². The highest BCUT2D eigenvalue weighted by molar-refractivity contribution is 9.10. The largest absolute Gasteiger partial charge is 0.375 e. The molecule has 2 N–H and O–H groups in total. The van der Waals surface area contributed by atoms with Gasteiger partial charge in [-0.25, -0.2) is 0 Å². The summed E-state index contributed by atoms with van der Waals surface area (Å²) in [5.41, 5.74) is 1.97. The second-order valence-corrected chi connectivity index (χ2v) is 6.02. The molecular weight excluding hydrogens is 358 g/mol. The number of halogens is 1. The van der Waals surface area contributed by atoms with E-state index in [9.17, 15) is 9.59 Å². The molecule has 2 amide bonds. The number of hydrogen-bond donors (Lipinski definition) is 2. The molecule has 0 saturated heterocycles. The third-order valence-electron chi connectivity index (χ3n) is 3.11. The van der Waals surface area contributed by atoms with E-state index in [0.717, 1.165) is 10.2 Å². The second-order valence-electron chi connectivity index (χ2n) is 5.16. The minimum Gasteiger partial charge on any atom is -0.375 e. The molecule has 0 spiro atoms. The lowest BCUT2D eigenvalue weighted by Crippen LogP contribution is -2.23. The van der Waals surface area contributed by atoms with Gasteiger partial charge in [-0.15, -0.1) is 0 Å². The maximum atomic E-state index is 12.0. The summed E-state index contributed by atoms with van der Waals surface area (Å²) in [5, 5.41) is 5.83. The van der Waals surface area contributed by atoms with Gasteiger partial charge < -0.3 is 15.5 Å². The average Bonchev–Trinajstić information content (AvgIpc) is 2.53. The van der Waals surface area contributed by atoms with Crippen LogP contribution in [-0.2, 0) is 4.79 Å². The Morgan fingerprint density at radius 2 is 1.83 bits per heavy atom. The van der Waals surface area contributed by atoms with Crippen LogP contribution in [0.1, 0.15) is 10.4 Å². The van der Waals surface area contributed by atoms with E-state index in [1.165, 1.54) is 4.90 Å². The van der Waals surface area contributed by atoms with Gasteiger partial charge in [0.1, 0.15) is 0 Å². The molecule has 0 bridgehead atoms. The van der Waals surface area contributed by atoms with Crippen LogP contribution in [0.3, 0.4) is 0 Å². The lowest BCUT2D eigenvalue weighted by Gasteiger charge is -2.12. The van der Waals surface area contributed by atoms with Crippen LogP contribution in [0, 0.1) is 0 Å². The maximum absolute atomic E-state index is 12.0. The number of anilines is 2. The third-order valence-corrected chi connectivity index (χ3v) is 3.80.